The molecule has 0 fully saturated rings. The van der Waals surface area contributed by atoms with Crippen LogP contribution in [0.3, 0.4) is 0 Å². The Labute approximate surface area is 90.9 Å². The Morgan fingerprint density at radius 2 is 2.42 bits per heavy atom. The van der Waals surface area contributed by atoms with Crippen LogP contribution in [0.1, 0.15) is 5.56 Å². The lowest BCUT2D eigenvalue weighted by molar-refractivity contribution is 0.736. The predicted molar refractivity (Wildman–Crippen MR) is 59.8 cm³/mol. The van der Waals surface area contributed by atoms with Crippen molar-refractivity contribution in [3.63, 3.8) is 0 Å². The van der Waals surface area contributed by atoms with Crippen molar-refractivity contribution < 1.29 is 0 Å². The number of aromatic nitrogens is 1. The van der Waals surface area contributed by atoms with Crippen molar-refractivity contribution in [2.24, 2.45) is 0 Å². The van der Waals surface area contributed by atoms with E-state index >= 15 is 0 Å². The van der Waals surface area contributed by atoms with Crippen molar-refractivity contribution in [1.82, 2.24) is 10.3 Å². The molecule has 0 bridgehead atoms. The summed E-state index contributed by atoms with van der Waals surface area (Å²) in [6.45, 7) is 1.84. The van der Waals surface area contributed by atoms with Crippen LogP contribution in [0.2, 0.25) is 5.02 Å². The molecule has 0 radical (unpaired) electrons. The van der Waals surface area contributed by atoms with Gasteiger partial charge in [0.1, 0.15) is 0 Å². The normalized spacial score (nSPS) is 10.2. The average molecular weight is 297 g/mol. The first kappa shape index (κ1) is 10.2. The molecule has 0 saturated carbocycles. The van der Waals surface area contributed by atoms with Gasteiger partial charge in [0.15, 0.2) is 0 Å². The SMILES string of the molecule is Clc1cnccc1CNCCI. The third-order valence-electron chi connectivity index (χ3n) is 1.44. The minimum absolute atomic E-state index is 0.735. The number of rotatable bonds is 4. The van der Waals surface area contributed by atoms with Crippen molar-refractivity contribution in [1.29, 1.82) is 0 Å². The molecule has 0 aliphatic carbocycles. The third kappa shape index (κ3) is 3.25. The maximum Gasteiger partial charge on any atom is 0.0634 e. The van der Waals surface area contributed by atoms with Gasteiger partial charge in [0, 0.05) is 29.9 Å². The van der Waals surface area contributed by atoms with Crippen molar-refractivity contribution in [3.05, 3.63) is 29.0 Å². The molecule has 1 N–H and O–H groups in total. The van der Waals surface area contributed by atoms with Crippen LogP contribution in [0.4, 0.5) is 0 Å². The molecule has 4 heteroatoms. The summed E-state index contributed by atoms with van der Waals surface area (Å²) < 4.78 is 1.11. The van der Waals surface area contributed by atoms with Crippen molar-refractivity contribution >= 4 is 34.2 Å². The van der Waals surface area contributed by atoms with E-state index in [4.69, 9.17) is 11.6 Å². The Hall–Kier alpha value is 0.130. The van der Waals surface area contributed by atoms with Crippen molar-refractivity contribution in [3.8, 4) is 0 Å². The zero-order valence-corrected chi connectivity index (χ0v) is 9.47. The Bertz CT molecular complexity index is 242. The first-order valence-corrected chi connectivity index (χ1v) is 5.60. The number of pyridine rings is 1. The van der Waals surface area contributed by atoms with Gasteiger partial charge in [0.05, 0.1) is 5.02 Å². The Kier molecular flexibility index (Phi) is 4.87. The summed E-state index contributed by atoms with van der Waals surface area (Å²) >= 11 is 8.23. The molecule has 2 nitrogen and oxygen atoms in total. The monoisotopic (exact) mass is 296 g/mol. The Morgan fingerprint density at radius 3 is 3.08 bits per heavy atom. The minimum Gasteiger partial charge on any atom is -0.312 e. The van der Waals surface area contributed by atoms with Crippen LogP contribution in [-0.4, -0.2) is 16.0 Å². The van der Waals surface area contributed by atoms with Crippen molar-refractivity contribution in [2.45, 2.75) is 6.54 Å². The van der Waals surface area contributed by atoms with E-state index in [-0.39, 0.29) is 0 Å². The summed E-state index contributed by atoms with van der Waals surface area (Å²) in [4.78, 5) is 3.91. The van der Waals surface area contributed by atoms with Gasteiger partial charge in [-0.1, -0.05) is 34.2 Å². The van der Waals surface area contributed by atoms with Crippen LogP contribution in [0.5, 0.6) is 0 Å². The number of hydrogen-bond donors (Lipinski definition) is 1. The van der Waals surface area contributed by atoms with E-state index in [0.717, 1.165) is 28.1 Å². The molecular weight excluding hydrogens is 286 g/mol. The summed E-state index contributed by atoms with van der Waals surface area (Å²) in [6, 6.07) is 1.93. The molecule has 1 aromatic rings. The number of alkyl halides is 1. The molecule has 66 valence electrons. The second-order valence-electron chi connectivity index (χ2n) is 2.33. The molecule has 0 aromatic carbocycles. The van der Waals surface area contributed by atoms with Crippen LogP contribution < -0.4 is 5.32 Å². The summed E-state index contributed by atoms with van der Waals surface area (Å²) in [6.07, 6.45) is 3.43. The molecule has 1 aromatic heterocycles. The highest BCUT2D eigenvalue weighted by Gasteiger charge is 1.97. The van der Waals surface area contributed by atoms with Crippen LogP contribution in [0, 0.1) is 0 Å². The molecule has 1 rings (SSSR count). The summed E-state index contributed by atoms with van der Waals surface area (Å²) in [7, 11) is 0. The Balaban J connectivity index is 2.46. The highest BCUT2D eigenvalue weighted by Crippen LogP contribution is 2.12. The topological polar surface area (TPSA) is 24.9 Å². The third-order valence-corrected chi connectivity index (χ3v) is 2.32. The van der Waals surface area contributed by atoms with E-state index in [1.54, 1.807) is 12.4 Å². The van der Waals surface area contributed by atoms with Gasteiger partial charge in [-0.15, -0.1) is 0 Å². The fourth-order valence-electron chi connectivity index (χ4n) is 0.837. The minimum atomic E-state index is 0.735. The lowest BCUT2D eigenvalue weighted by Gasteiger charge is -2.03. The van der Waals surface area contributed by atoms with E-state index < -0.39 is 0 Å². The van der Waals surface area contributed by atoms with Gasteiger partial charge in [-0.05, 0) is 11.6 Å². The van der Waals surface area contributed by atoms with E-state index in [0.29, 0.717) is 0 Å². The van der Waals surface area contributed by atoms with E-state index in [2.05, 4.69) is 32.9 Å². The number of hydrogen-bond acceptors (Lipinski definition) is 2. The number of halogens is 2. The van der Waals surface area contributed by atoms with Gasteiger partial charge in [-0.2, -0.15) is 0 Å². The predicted octanol–water partition coefficient (Wildman–Crippen LogP) is 2.26. The van der Waals surface area contributed by atoms with Gasteiger partial charge < -0.3 is 5.32 Å². The smallest absolute Gasteiger partial charge is 0.0634 e. The molecule has 1 heterocycles. The van der Waals surface area contributed by atoms with Crippen LogP contribution in [-0.2, 0) is 6.54 Å². The molecule has 0 saturated heterocycles. The molecule has 0 unspecified atom stereocenters. The fourth-order valence-corrected chi connectivity index (χ4v) is 1.40. The van der Waals surface area contributed by atoms with Gasteiger partial charge in [0.2, 0.25) is 0 Å². The first-order chi connectivity index (χ1) is 5.84. The maximum atomic E-state index is 5.90. The zero-order chi connectivity index (χ0) is 8.81. The largest absolute Gasteiger partial charge is 0.312 e. The molecule has 0 aliphatic rings. The molecular formula is C8H10ClIN2. The highest BCUT2D eigenvalue weighted by molar-refractivity contribution is 14.1. The maximum absolute atomic E-state index is 5.90. The Morgan fingerprint density at radius 1 is 1.58 bits per heavy atom. The van der Waals surface area contributed by atoms with Crippen LogP contribution in [0.25, 0.3) is 0 Å². The molecule has 0 atom stereocenters. The second-order valence-corrected chi connectivity index (χ2v) is 3.82. The summed E-state index contributed by atoms with van der Waals surface area (Å²) in [5, 5.41) is 4.01. The van der Waals surface area contributed by atoms with Crippen molar-refractivity contribution in [2.75, 3.05) is 11.0 Å². The standard InChI is InChI=1S/C8H10ClIN2/c9-8-6-11-3-1-7(8)5-12-4-2-10/h1,3,6,12H,2,4-5H2. The van der Waals surface area contributed by atoms with Crippen LogP contribution in [0.15, 0.2) is 18.5 Å². The molecule has 0 aliphatic heterocycles. The fraction of sp³-hybridized carbons (Fsp3) is 0.375. The van der Waals surface area contributed by atoms with E-state index in [9.17, 15) is 0 Å². The number of nitrogens with zero attached hydrogens (tertiary/aromatic N) is 1. The van der Waals surface area contributed by atoms with Gasteiger partial charge >= 0.3 is 0 Å². The van der Waals surface area contributed by atoms with Gasteiger partial charge in [-0.25, -0.2) is 0 Å². The van der Waals surface area contributed by atoms with Gasteiger partial charge in [-0.3, -0.25) is 4.98 Å². The molecule has 0 amide bonds. The molecule has 12 heavy (non-hydrogen) atoms. The van der Waals surface area contributed by atoms with E-state index in [1.165, 1.54) is 0 Å². The summed E-state index contributed by atoms with van der Waals surface area (Å²) in [5.41, 5.74) is 1.11. The molecule has 0 spiro atoms. The second kappa shape index (κ2) is 5.72. The summed E-state index contributed by atoms with van der Waals surface area (Å²) in [5.74, 6) is 0. The quantitative estimate of drug-likeness (QED) is 0.524. The first-order valence-electron chi connectivity index (χ1n) is 3.69. The van der Waals surface area contributed by atoms with E-state index in [1.807, 2.05) is 6.07 Å². The zero-order valence-electron chi connectivity index (χ0n) is 6.56. The average Bonchev–Trinajstić information content (AvgIpc) is 2.09. The number of nitrogens with one attached hydrogen (secondary N) is 1. The van der Waals surface area contributed by atoms with Gasteiger partial charge in [0.25, 0.3) is 0 Å². The lowest BCUT2D eigenvalue weighted by atomic mass is 10.3. The highest BCUT2D eigenvalue weighted by atomic mass is 127. The lowest BCUT2D eigenvalue weighted by Crippen LogP contribution is -2.15. The van der Waals surface area contributed by atoms with Crippen LogP contribution >= 0.6 is 34.2 Å².